The fourth-order valence-corrected chi connectivity index (χ4v) is 2.61. The Labute approximate surface area is 129 Å². The molecule has 3 aromatic rings. The van der Waals surface area contributed by atoms with Crippen molar-refractivity contribution in [2.24, 2.45) is 0 Å². The fourth-order valence-electron chi connectivity index (χ4n) is 2.61. The van der Waals surface area contributed by atoms with Crippen LogP contribution in [-0.2, 0) is 0 Å². The predicted molar refractivity (Wildman–Crippen MR) is 90.3 cm³/mol. The van der Waals surface area contributed by atoms with Crippen molar-refractivity contribution in [2.45, 2.75) is 20.3 Å². The summed E-state index contributed by atoms with van der Waals surface area (Å²) in [7, 11) is 0. The summed E-state index contributed by atoms with van der Waals surface area (Å²) in [6, 6.07) is 10.2. The van der Waals surface area contributed by atoms with Crippen LogP contribution >= 0.6 is 0 Å². The largest absolute Gasteiger partial charge is 0.383 e. The van der Waals surface area contributed by atoms with Gasteiger partial charge in [0, 0.05) is 22.7 Å². The number of pyridine rings is 1. The Morgan fingerprint density at radius 1 is 1.18 bits per heavy atom. The summed E-state index contributed by atoms with van der Waals surface area (Å²) in [5.74, 6) is 0.500. The summed E-state index contributed by atoms with van der Waals surface area (Å²) in [5.41, 5.74) is 10.9. The average Bonchev–Trinajstić information content (AvgIpc) is 2.53. The van der Waals surface area contributed by atoms with Gasteiger partial charge in [0.05, 0.1) is 11.2 Å². The number of nitrogens with two attached hydrogens (primary N) is 1. The number of nitrogens with zero attached hydrogens (tertiary/aromatic N) is 3. The maximum atomic E-state index is 6.09. The Bertz CT molecular complexity index is 832. The molecule has 0 bridgehead atoms. The van der Waals surface area contributed by atoms with E-state index in [4.69, 9.17) is 5.73 Å². The Balaban J connectivity index is 2.21. The molecule has 0 unspecified atom stereocenters. The lowest BCUT2D eigenvalue weighted by atomic mass is 9.96. The van der Waals surface area contributed by atoms with Gasteiger partial charge in [-0.25, -0.2) is 9.97 Å². The van der Waals surface area contributed by atoms with E-state index in [0.29, 0.717) is 5.82 Å². The minimum absolute atomic E-state index is 0.500. The van der Waals surface area contributed by atoms with Gasteiger partial charge in [0.1, 0.15) is 12.1 Å². The number of nitrogen functional groups attached to an aromatic ring is 1. The van der Waals surface area contributed by atoms with Gasteiger partial charge in [-0.05, 0) is 31.1 Å². The molecule has 0 atom stereocenters. The highest BCUT2D eigenvalue weighted by molar-refractivity contribution is 5.89. The minimum Gasteiger partial charge on any atom is -0.383 e. The molecular weight excluding hydrogens is 272 g/mol. The summed E-state index contributed by atoms with van der Waals surface area (Å²) < 4.78 is 0. The molecule has 2 N–H and O–H groups in total. The van der Waals surface area contributed by atoms with Gasteiger partial charge in [-0.1, -0.05) is 31.2 Å². The van der Waals surface area contributed by atoms with Gasteiger partial charge in [0.25, 0.3) is 0 Å². The minimum atomic E-state index is 0.500. The van der Waals surface area contributed by atoms with Crippen LogP contribution in [0.4, 0.5) is 5.82 Å². The SMILES string of the molecule is CC/C=C(/c1cnc2ccccc2c1)c1c(C)ncnc1N. The number of aromatic nitrogens is 3. The van der Waals surface area contributed by atoms with Crippen molar-refractivity contribution < 1.29 is 0 Å². The van der Waals surface area contributed by atoms with E-state index < -0.39 is 0 Å². The van der Waals surface area contributed by atoms with Crippen molar-refractivity contribution in [3.63, 3.8) is 0 Å². The van der Waals surface area contributed by atoms with Gasteiger partial charge < -0.3 is 5.73 Å². The van der Waals surface area contributed by atoms with E-state index in [2.05, 4.69) is 40.1 Å². The number of fused-ring (bicyclic) bond motifs is 1. The van der Waals surface area contributed by atoms with Gasteiger partial charge in [-0.3, -0.25) is 4.98 Å². The number of benzene rings is 1. The maximum absolute atomic E-state index is 6.09. The Kier molecular flexibility index (Phi) is 3.83. The molecule has 0 saturated carbocycles. The van der Waals surface area contributed by atoms with Crippen LogP contribution in [0.2, 0.25) is 0 Å². The molecule has 0 fully saturated rings. The number of anilines is 1. The molecule has 4 heteroatoms. The predicted octanol–water partition coefficient (Wildman–Crippen LogP) is 3.76. The third-order valence-corrected chi connectivity index (χ3v) is 3.65. The highest BCUT2D eigenvalue weighted by Gasteiger charge is 2.13. The molecule has 0 aliphatic rings. The second-order valence-corrected chi connectivity index (χ2v) is 5.16. The van der Waals surface area contributed by atoms with Gasteiger partial charge in [-0.2, -0.15) is 0 Å². The zero-order valence-electron chi connectivity index (χ0n) is 12.7. The zero-order valence-corrected chi connectivity index (χ0v) is 12.7. The maximum Gasteiger partial charge on any atom is 0.134 e. The third-order valence-electron chi connectivity index (χ3n) is 3.65. The van der Waals surface area contributed by atoms with E-state index in [1.165, 1.54) is 6.33 Å². The van der Waals surface area contributed by atoms with Gasteiger partial charge in [0.2, 0.25) is 0 Å². The van der Waals surface area contributed by atoms with Gasteiger partial charge in [-0.15, -0.1) is 0 Å². The summed E-state index contributed by atoms with van der Waals surface area (Å²) in [6.07, 6.45) is 6.43. The van der Waals surface area contributed by atoms with Crippen LogP contribution < -0.4 is 5.73 Å². The van der Waals surface area contributed by atoms with Gasteiger partial charge >= 0.3 is 0 Å². The molecule has 0 aliphatic carbocycles. The Morgan fingerprint density at radius 3 is 2.77 bits per heavy atom. The smallest absolute Gasteiger partial charge is 0.134 e. The first-order valence-corrected chi connectivity index (χ1v) is 7.33. The summed E-state index contributed by atoms with van der Waals surface area (Å²) >= 11 is 0. The summed E-state index contributed by atoms with van der Waals surface area (Å²) in [6.45, 7) is 4.05. The van der Waals surface area contributed by atoms with Crippen molar-refractivity contribution in [2.75, 3.05) is 5.73 Å². The van der Waals surface area contributed by atoms with E-state index in [0.717, 1.165) is 39.7 Å². The molecule has 0 saturated heterocycles. The second-order valence-electron chi connectivity index (χ2n) is 5.16. The molecule has 0 spiro atoms. The number of aryl methyl sites for hydroxylation is 1. The van der Waals surface area contributed by atoms with E-state index in [1.54, 1.807) is 0 Å². The zero-order chi connectivity index (χ0) is 15.5. The highest BCUT2D eigenvalue weighted by atomic mass is 14.9. The highest BCUT2D eigenvalue weighted by Crippen LogP contribution is 2.30. The lowest BCUT2D eigenvalue weighted by molar-refractivity contribution is 1.09. The van der Waals surface area contributed by atoms with Crippen LogP contribution in [0.3, 0.4) is 0 Å². The molecule has 4 nitrogen and oxygen atoms in total. The number of rotatable bonds is 3. The number of hydrogen-bond donors (Lipinski definition) is 1. The lowest BCUT2D eigenvalue weighted by Crippen LogP contribution is -2.03. The quantitative estimate of drug-likeness (QED) is 0.797. The first-order chi connectivity index (χ1) is 10.7. The van der Waals surface area contributed by atoms with Crippen molar-refractivity contribution in [1.82, 2.24) is 15.0 Å². The number of hydrogen-bond acceptors (Lipinski definition) is 4. The Hall–Kier alpha value is -2.75. The first-order valence-electron chi connectivity index (χ1n) is 7.33. The van der Waals surface area contributed by atoms with Crippen LogP contribution in [0.25, 0.3) is 16.5 Å². The Morgan fingerprint density at radius 2 is 2.00 bits per heavy atom. The van der Waals surface area contributed by atoms with Crippen LogP contribution in [0.5, 0.6) is 0 Å². The van der Waals surface area contributed by atoms with Crippen molar-refractivity contribution in [3.8, 4) is 0 Å². The third kappa shape index (κ3) is 2.55. The number of para-hydroxylation sites is 1. The normalized spacial score (nSPS) is 11.8. The van der Waals surface area contributed by atoms with E-state index in [9.17, 15) is 0 Å². The average molecular weight is 290 g/mol. The molecule has 0 amide bonds. The molecule has 22 heavy (non-hydrogen) atoms. The van der Waals surface area contributed by atoms with Crippen molar-refractivity contribution in [3.05, 3.63) is 65.8 Å². The number of allylic oxidation sites excluding steroid dienone is 1. The summed E-state index contributed by atoms with van der Waals surface area (Å²) in [4.78, 5) is 13.0. The molecule has 3 rings (SSSR count). The lowest BCUT2D eigenvalue weighted by Gasteiger charge is -2.13. The molecule has 2 heterocycles. The van der Waals surface area contributed by atoms with Gasteiger partial charge in [0.15, 0.2) is 0 Å². The topological polar surface area (TPSA) is 64.7 Å². The monoisotopic (exact) mass is 290 g/mol. The fraction of sp³-hybridized carbons (Fsp3) is 0.167. The molecule has 2 aromatic heterocycles. The first kappa shape index (κ1) is 14.2. The van der Waals surface area contributed by atoms with Crippen LogP contribution in [0.1, 0.15) is 30.2 Å². The molecule has 110 valence electrons. The molecular formula is C18H18N4. The second kappa shape index (κ2) is 5.93. The van der Waals surface area contributed by atoms with E-state index in [1.807, 2.05) is 31.3 Å². The molecule has 1 aromatic carbocycles. The van der Waals surface area contributed by atoms with Crippen LogP contribution in [0, 0.1) is 6.92 Å². The molecule has 0 radical (unpaired) electrons. The van der Waals surface area contributed by atoms with E-state index in [-0.39, 0.29) is 0 Å². The standard InChI is InChI=1S/C18H18N4/c1-3-6-15(17-12(2)21-11-22-18(17)19)14-9-13-7-4-5-8-16(13)20-10-14/h4-11H,3H2,1-2H3,(H2,19,21,22)/b15-6-. The van der Waals surface area contributed by atoms with Crippen LogP contribution in [-0.4, -0.2) is 15.0 Å². The molecule has 0 aliphatic heterocycles. The summed E-state index contributed by atoms with van der Waals surface area (Å²) in [5, 5.41) is 1.11. The van der Waals surface area contributed by atoms with Crippen molar-refractivity contribution in [1.29, 1.82) is 0 Å². The van der Waals surface area contributed by atoms with Crippen LogP contribution in [0.15, 0.2) is 48.9 Å². The van der Waals surface area contributed by atoms with Crippen molar-refractivity contribution >= 4 is 22.3 Å². The van der Waals surface area contributed by atoms with E-state index >= 15 is 0 Å².